The fourth-order valence-corrected chi connectivity index (χ4v) is 2.77. The summed E-state index contributed by atoms with van der Waals surface area (Å²) in [6.07, 6.45) is 4.00. The number of thiazole rings is 1. The number of nitrogens with one attached hydrogen (secondary N) is 2. The summed E-state index contributed by atoms with van der Waals surface area (Å²) in [7, 11) is 0. The Kier molecular flexibility index (Phi) is 5.35. The monoisotopic (exact) mass is 359 g/mol. The van der Waals surface area contributed by atoms with Crippen molar-refractivity contribution in [2.75, 3.05) is 11.9 Å². The van der Waals surface area contributed by atoms with Gasteiger partial charge in [0, 0.05) is 29.3 Å². The highest BCUT2D eigenvalue weighted by Crippen LogP contribution is 2.18. The van der Waals surface area contributed by atoms with E-state index < -0.39 is 0 Å². The van der Waals surface area contributed by atoms with Crippen LogP contribution in [0.3, 0.4) is 0 Å². The molecule has 0 atom stereocenters. The van der Waals surface area contributed by atoms with E-state index in [1.54, 1.807) is 23.8 Å². The van der Waals surface area contributed by atoms with Gasteiger partial charge in [-0.2, -0.15) is 0 Å². The standard InChI is InChI=1S/C16H14ClN5OS/c17-12-4-2-11(3-5-12)6-9-18-14(23)13-10-24-16(21-13)22-15-19-7-1-8-20-15/h1-5,7-8,10H,6,9H2,(H,18,23)(H,19,20,21,22). The van der Waals surface area contributed by atoms with E-state index in [0.717, 1.165) is 12.0 Å². The minimum Gasteiger partial charge on any atom is -0.350 e. The molecule has 1 aromatic carbocycles. The number of anilines is 2. The van der Waals surface area contributed by atoms with Crippen LogP contribution in [-0.4, -0.2) is 27.4 Å². The van der Waals surface area contributed by atoms with Gasteiger partial charge in [-0.05, 0) is 30.2 Å². The van der Waals surface area contributed by atoms with Crippen molar-refractivity contribution in [3.63, 3.8) is 0 Å². The highest BCUT2D eigenvalue weighted by Gasteiger charge is 2.11. The lowest BCUT2D eigenvalue weighted by atomic mass is 10.1. The molecule has 0 aliphatic heterocycles. The molecule has 6 nitrogen and oxygen atoms in total. The number of nitrogens with zero attached hydrogens (tertiary/aromatic N) is 3. The highest BCUT2D eigenvalue weighted by atomic mass is 35.5. The van der Waals surface area contributed by atoms with Crippen LogP contribution in [0, 0.1) is 0 Å². The number of hydrogen-bond acceptors (Lipinski definition) is 6. The van der Waals surface area contributed by atoms with Gasteiger partial charge >= 0.3 is 0 Å². The molecule has 0 radical (unpaired) electrons. The Bertz CT molecular complexity index is 807. The van der Waals surface area contributed by atoms with Crippen LogP contribution in [0.25, 0.3) is 0 Å². The van der Waals surface area contributed by atoms with Gasteiger partial charge < -0.3 is 10.6 Å². The Morgan fingerprint density at radius 2 is 1.92 bits per heavy atom. The van der Waals surface area contributed by atoms with Gasteiger partial charge in [0.1, 0.15) is 5.69 Å². The van der Waals surface area contributed by atoms with Crippen LogP contribution in [0.4, 0.5) is 11.1 Å². The first kappa shape index (κ1) is 16.4. The first-order chi connectivity index (χ1) is 11.7. The molecule has 122 valence electrons. The summed E-state index contributed by atoms with van der Waals surface area (Å²) >= 11 is 7.17. The van der Waals surface area contributed by atoms with Gasteiger partial charge in [0.2, 0.25) is 5.95 Å². The lowest BCUT2D eigenvalue weighted by molar-refractivity contribution is 0.0950. The van der Waals surface area contributed by atoms with Crippen LogP contribution >= 0.6 is 22.9 Å². The molecule has 0 aliphatic carbocycles. The van der Waals surface area contributed by atoms with Crippen LogP contribution in [-0.2, 0) is 6.42 Å². The van der Waals surface area contributed by atoms with Crippen LogP contribution in [0.5, 0.6) is 0 Å². The van der Waals surface area contributed by atoms with Crippen molar-refractivity contribution in [2.24, 2.45) is 0 Å². The van der Waals surface area contributed by atoms with Crippen molar-refractivity contribution in [1.82, 2.24) is 20.3 Å². The van der Waals surface area contributed by atoms with Gasteiger partial charge in [-0.25, -0.2) is 15.0 Å². The molecule has 1 amide bonds. The molecule has 2 N–H and O–H groups in total. The summed E-state index contributed by atoms with van der Waals surface area (Å²) in [5, 5.41) is 8.78. The van der Waals surface area contributed by atoms with Gasteiger partial charge in [-0.3, -0.25) is 4.79 Å². The summed E-state index contributed by atoms with van der Waals surface area (Å²) < 4.78 is 0. The normalized spacial score (nSPS) is 10.4. The lowest BCUT2D eigenvalue weighted by Crippen LogP contribution is -2.25. The average molecular weight is 360 g/mol. The van der Waals surface area contributed by atoms with Crippen molar-refractivity contribution in [3.8, 4) is 0 Å². The van der Waals surface area contributed by atoms with Gasteiger partial charge in [0.05, 0.1) is 0 Å². The third-order valence-corrected chi connectivity index (χ3v) is 4.14. The van der Waals surface area contributed by atoms with Crippen molar-refractivity contribution in [2.45, 2.75) is 6.42 Å². The second kappa shape index (κ2) is 7.85. The summed E-state index contributed by atoms with van der Waals surface area (Å²) in [6.45, 7) is 0.530. The van der Waals surface area contributed by atoms with Crippen molar-refractivity contribution in [1.29, 1.82) is 0 Å². The van der Waals surface area contributed by atoms with E-state index in [-0.39, 0.29) is 5.91 Å². The smallest absolute Gasteiger partial charge is 0.270 e. The molecular weight excluding hydrogens is 346 g/mol. The molecule has 0 aliphatic rings. The number of rotatable bonds is 6. The molecule has 0 fully saturated rings. The molecule has 0 saturated carbocycles. The summed E-state index contributed by atoms with van der Waals surface area (Å²) in [4.78, 5) is 24.5. The second-order valence-electron chi connectivity index (χ2n) is 4.87. The fraction of sp³-hybridized carbons (Fsp3) is 0.125. The van der Waals surface area contributed by atoms with Crippen LogP contribution in [0.2, 0.25) is 5.02 Å². The minimum atomic E-state index is -0.206. The van der Waals surface area contributed by atoms with E-state index in [0.29, 0.717) is 28.3 Å². The zero-order valence-corrected chi connectivity index (χ0v) is 14.1. The number of carbonyl (C=O) groups excluding carboxylic acids is 1. The molecule has 0 unspecified atom stereocenters. The number of halogens is 1. The van der Waals surface area contributed by atoms with E-state index in [2.05, 4.69) is 25.6 Å². The molecule has 2 heterocycles. The Hall–Kier alpha value is -2.51. The molecule has 0 saturated heterocycles. The van der Waals surface area contributed by atoms with E-state index in [9.17, 15) is 4.79 Å². The number of aromatic nitrogens is 3. The summed E-state index contributed by atoms with van der Waals surface area (Å²) in [5.41, 5.74) is 1.48. The fourth-order valence-electron chi connectivity index (χ4n) is 1.96. The number of hydrogen-bond donors (Lipinski definition) is 2. The van der Waals surface area contributed by atoms with Crippen molar-refractivity contribution in [3.05, 3.63) is 64.4 Å². The summed E-state index contributed by atoms with van der Waals surface area (Å²) in [6, 6.07) is 9.29. The molecular formula is C16H14ClN5OS. The predicted molar refractivity (Wildman–Crippen MR) is 94.9 cm³/mol. The largest absolute Gasteiger partial charge is 0.350 e. The third-order valence-electron chi connectivity index (χ3n) is 3.13. The number of carbonyl (C=O) groups is 1. The Labute approximate surface area is 148 Å². The second-order valence-corrected chi connectivity index (χ2v) is 6.16. The molecule has 8 heteroatoms. The molecule has 3 rings (SSSR count). The Morgan fingerprint density at radius 3 is 2.67 bits per heavy atom. The topological polar surface area (TPSA) is 79.8 Å². The maximum absolute atomic E-state index is 12.1. The minimum absolute atomic E-state index is 0.206. The van der Waals surface area contributed by atoms with Gasteiger partial charge in [0.15, 0.2) is 5.13 Å². The third kappa shape index (κ3) is 4.50. The SMILES string of the molecule is O=C(NCCc1ccc(Cl)cc1)c1csc(Nc2ncccn2)n1. The zero-order chi connectivity index (χ0) is 16.8. The van der Waals surface area contributed by atoms with Crippen molar-refractivity contribution >= 4 is 39.9 Å². The maximum Gasteiger partial charge on any atom is 0.270 e. The van der Waals surface area contributed by atoms with E-state index in [1.165, 1.54) is 11.3 Å². The van der Waals surface area contributed by atoms with E-state index in [1.807, 2.05) is 24.3 Å². The highest BCUT2D eigenvalue weighted by molar-refractivity contribution is 7.14. The Morgan fingerprint density at radius 1 is 1.17 bits per heavy atom. The van der Waals surface area contributed by atoms with Gasteiger partial charge in [-0.1, -0.05) is 23.7 Å². The Balaban J connectivity index is 1.51. The number of amides is 1. The molecule has 24 heavy (non-hydrogen) atoms. The lowest BCUT2D eigenvalue weighted by Gasteiger charge is -2.04. The maximum atomic E-state index is 12.1. The molecule has 2 aromatic heterocycles. The van der Waals surface area contributed by atoms with Crippen molar-refractivity contribution < 1.29 is 4.79 Å². The average Bonchev–Trinajstić information content (AvgIpc) is 3.06. The molecule has 3 aromatic rings. The quantitative estimate of drug-likeness (QED) is 0.705. The van der Waals surface area contributed by atoms with E-state index >= 15 is 0 Å². The predicted octanol–water partition coefficient (Wildman–Crippen LogP) is 3.30. The summed E-state index contributed by atoms with van der Waals surface area (Å²) in [5.74, 6) is 0.240. The molecule has 0 spiro atoms. The van der Waals surface area contributed by atoms with Gasteiger partial charge in [-0.15, -0.1) is 11.3 Å². The van der Waals surface area contributed by atoms with Crippen LogP contribution in [0.1, 0.15) is 16.1 Å². The first-order valence-corrected chi connectivity index (χ1v) is 8.49. The van der Waals surface area contributed by atoms with E-state index in [4.69, 9.17) is 11.6 Å². The van der Waals surface area contributed by atoms with Crippen LogP contribution in [0.15, 0.2) is 48.1 Å². The van der Waals surface area contributed by atoms with Crippen LogP contribution < -0.4 is 10.6 Å². The van der Waals surface area contributed by atoms with Gasteiger partial charge in [0.25, 0.3) is 5.91 Å². The first-order valence-electron chi connectivity index (χ1n) is 7.23. The molecule has 0 bridgehead atoms. The zero-order valence-electron chi connectivity index (χ0n) is 12.6. The number of benzene rings is 1.